The summed E-state index contributed by atoms with van der Waals surface area (Å²) in [4.78, 5) is 15.0. The zero-order valence-corrected chi connectivity index (χ0v) is 15.8. The topological polar surface area (TPSA) is 66.5 Å². The Bertz CT molecular complexity index is 853. The minimum atomic E-state index is -3.63. The molecule has 134 valence electrons. The third-order valence-electron chi connectivity index (χ3n) is 4.21. The Morgan fingerprint density at radius 3 is 2.64 bits per heavy atom. The molecular formula is C18H22N2O3S2. The number of benzene rings is 1. The highest BCUT2D eigenvalue weighted by Crippen LogP contribution is 2.25. The largest absolute Gasteiger partial charge is 0.342 e. The molecule has 0 unspecified atom stereocenters. The van der Waals surface area contributed by atoms with Gasteiger partial charge >= 0.3 is 0 Å². The monoisotopic (exact) mass is 378 g/mol. The number of sulfonamides is 1. The van der Waals surface area contributed by atoms with Crippen LogP contribution in [0, 0.1) is 6.92 Å². The van der Waals surface area contributed by atoms with Crippen LogP contribution in [0.1, 0.15) is 29.7 Å². The summed E-state index contributed by atoms with van der Waals surface area (Å²) in [5.41, 5.74) is 1.53. The molecule has 25 heavy (non-hydrogen) atoms. The fourth-order valence-electron chi connectivity index (χ4n) is 2.92. The Morgan fingerprint density at radius 1 is 1.16 bits per heavy atom. The van der Waals surface area contributed by atoms with E-state index in [1.165, 1.54) is 6.42 Å². The second-order valence-corrected chi connectivity index (χ2v) is 9.39. The smallest absolute Gasteiger partial charge is 0.271 e. The fraction of sp³-hybridized carbons (Fsp3) is 0.389. The first-order valence-electron chi connectivity index (χ1n) is 8.40. The maximum atomic E-state index is 12.5. The maximum Gasteiger partial charge on any atom is 0.271 e. The number of nitrogens with zero attached hydrogens (tertiary/aromatic N) is 1. The number of aryl methyl sites for hydroxylation is 1. The van der Waals surface area contributed by atoms with Crippen molar-refractivity contribution in [3.63, 3.8) is 0 Å². The third-order valence-corrected chi connectivity index (χ3v) is 7.16. The Balaban J connectivity index is 1.68. The average molecular weight is 379 g/mol. The Kier molecular flexibility index (Phi) is 5.44. The molecule has 1 aliphatic heterocycles. The van der Waals surface area contributed by atoms with Gasteiger partial charge in [0.15, 0.2) is 0 Å². The molecule has 1 aromatic heterocycles. The highest BCUT2D eigenvalue weighted by Gasteiger charge is 2.20. The summed E-state index contributed by atoms with van der Waals surface area (Å²) >= 11 is 1.16. The second kappa shape index (κ2) is 7.58. The van der Waals surface area contributed by atoms with E-state index in [1.54, 1.807) is 24.3 Å². The summed E-state index contributed by atoms with van der Waals surface area (Å²) in [6, 6.07) is 10.5. The quantitative estimate of drug-likeness (QED) is 0.867. The molecule has 0 atom stereocenters. The molecule has 2 heterocycles. The number of hydrogen-bond donors (Lipinski definition) is 1. The van der Waals surface area contributed by atoms with Crippen molar-refractivity contribution in [2.75, 3.05) is 17.8 Å². The molecule has 0 radical (unpaired) electrons. The van der Waals surface area contributed by atoms with E-state index in [0.29, 0.717) is 5.69 Å². The number of anilines is 1. The third kappa shape index (κ3) is 4.61. The van der Waals surface area contributed by atoms with Crippen molar-refractivity contribution in [3.05, 3.63) is 46.8 Å². The van der Waals surface area contributed by atoms with Crippen molar-refractivity contribution in [3.8, 4) is 0 Å². The zero-order valence-electron chi connectivity index (χ0n) is 14.2. The predicted molar refractivity (Wildman–Crippen MR) is 100 cm³/mol. The summed E-state index contributed by atoms with van der Waals surface area (Å²) < 4.78 is 27.9. The average Bonchev–Trinajstić information content (AvgIpc) is 3.05. The highest BCUT2D eigenvalue weighted by molar-refractivity contribution is 7.94. The van der Waals surface area contributed by atoms with Crippen LogP contribution < -0.4 is 4.72 Å². The molecule has 3 rings (SSSR count). The first-order chi connectivity index (χ1) is 11.9. The summed E-state index contributed by atoms with van der Waals surface area (Å²) in [5, 5.41) is 0. The van der Waals surface area contributed by atoms with Gasteiger partial charge < -0.3 is 4.90 Å². The number of carbonyl (C=O) groups is 1. The maximum absolute atomic E-state index is 12.5. The first kappa shape index (κ1) is 17.9. The first-order valence-corrected chi connectivity index (χ1v) is 10.7. The van der Waals surface area contributed by atoms with Gasteiger partial charge in [-0.25, -0.2) is 8.42 Å². The minimum Gasteiger partial charge on any atom is -0.342 e. The van der Waals surface area contributed by atoms with E-state index in [4.69, 9.17) is 0 Å². The minimum absolute atomic E-state index is 0.0807. The van der Waals surface area contributed by atoms with E-state index in [2.05, 4.69) is 4.72 Å². The van der Waals surface area contributed by atoms with Gasteiger partial charge in [-0.3, -0.25) is 9.52 Å². The van der Waals surface area contributed by atoms with Gasteiger partial charge in [0, 0.05) is 23.7 Å². The lowest BCUT2D eigenvalue weighted by atomic mass is 10.1. The van der Waals surface area contributed by atoms with Crippen molar-refractivity contribution in [2.45, 2.75) is 36.8 Å². The molecular weight excluding hydrogens is 356 g/mol. The van der Waals surface area contributed by atoms with E-state index in [1.807, 2.05) is 24.0 Å². The molecule has 1 saturated heterocycles. The van der Waals surface area contributed by atoms with Crippen molar-refractivity contribution in [2.24, 2.45) is 0 Å². The summed E-state index contributed by atoms with van der Waals surface area (Å²) in [6.45, 7) is 3.53. The van der Waals surface area contributed by atoms with Gasteiger partial charge in [0.2, 0.25) is 5.91 Å². The molecule has 7 heteroatoms. The number of likely N-dealkylation sites (tertiary alicyclic amines) is 1. The molecule has 1 aromatic carbocycles. The van der Waals surface area contributed by atoms with Gasteiger partial charge in [-0.2, -0.15) is 0 Å². The molecule has 0 aliphatic carbocycles. The van der Waals surface area contributed by atoms with Crippen LogP contribution in [0.2, 0.25) is 0 Å². The van der Waals surface area contributed by atoms with Crippen LogP contribution in [0.4, 0.5) is 5.69 Å². The summed E-state index contributed by atoms with van der Waals surface area (Å²) in [6.07, 6.45) is 3.55. The van der Waals surface area contributed by atoms with Crippen LogP contribution in [0.25, 0.3) is 0 Å². The van der Waals surface area contributed by atoms with Gasteiger partial charge in [-0.1, -0.05) is 12.1 Å². The molecule has 1 N–H and O–H groups in total. The lowest BCUT2D eigenvalue weighted by Gasteiger charge is -2.26. The van der Waals surface area contributed by atoms with E-state index < -0.39 is 10.0 Å². The van der Waals surface area contributed by atoms with Gasteiger partial charge in [-0.15, -0.1) is 11.3 Å². The van der Waals surface area contributed by atoms with E-state index in [0.717, 1.165) is 47.7 Å². The molecule has 0 bridgehead atoms. The van der Waals surface area contributed by atoms with Crippen LogP contribution in [-0.4, -0.2) is 32.3 Å². The molecule has 2 aromatic rings. The van der Waals surface area contributed by atoms with Crippen molar-refractivity contribution in [1.29, 1.82) is 0 Å². The van der Waals surface area contributed by atoms with Crippen LogP contribution in [0.5, 0.6) is 0 Å². The number of nitrogens with one attached hydrogen (secondary N) is 1. The lowest BCUT2D eigenvalue weighted by molar-refractivity contribution is -0.131. The van der Waals surface area contributed by atoms with Crippen LogP contribution in [-0.2, 0) is 21.2 Å². The highest BCUT2D eigenvalue weighted by atomic mass is 32.2. The van der Waals surface area contributed by atoms with Gasteiger partial charge in [0.25, 0.3) is 10.0 Å². The molecule has 0 spiro atoms. The summed E-state index contributed by atoms with van der Waals surface area (Å²) in [5.74, 6) is 0.0807. The predicted octanol–water partition coefficient (Wildman–Crippen LogP) is 3.41. The Labute approximate surface area is 152 Å². The van der Waals surface area contributed by atoms with Crippen molar-refractivity contribution in [1.82, 2.24) is 4.90 Å². The second-order valence-electron chi connectivity index (χ2n) is 6.31. The standard InChI is InChI=1S/C18H22N2O3S2/c1-14-6-5-7-15(12-14)19-25(22,23)18-9-8-16(24-18)13-17(21)20-10-3-2-4-11-20/h5-9,12,19H,2-4,10-11,13H2,1H3. The fourth-order valence-corrected chi connectivity index (χ4v) is 5.31. The number of carbonyl (C=O) groups excluding carboxylic acids is 1. The van der Waals surface area contributed by atoms with E-state index in [-0.39, 0.29) is 16.5 Å². The van der Waals surface area contributed by atoms with Crippen LogP contribution in [0.15, 0.2) is 40.6 Å². The SMILES string of the molecule is Cc1cccc(NS(=O)(=O)c2ccc(CC(=O)N3CCCCC3)s2)c1. The molecule has 1 aliphatic rings. The molecule has 1 fully saturated rings. The number of piperidine rings is 1. The van der Waals surface area contributed by atoms with Crippen LogP contribution in [0.3, 0.4) is 0 Å². The van der Waals surface area contributed by atoms with Gasteiger partial charge in [0.05, 0.1) is 6.42 Å². The van der Waals surface area contributed by atoms with Gasteiger partial charge in [0.1, 0.15) is 4.21 Å². The van der Waals surface area contributed by atoms with Crippen molar-refractivity contribution >= 4 is 33.0 Å². The van der Waals surface area contributed by atoms with E-state index >= 15 is 0 Å². The molecule has 0 saturated carbocycles. The number of rotatable bonds is 5. The normalized spacial score (nSPS) is 15.2. The molecule has 1 amide bonds. The number of thiophene rings is 1. The zero-order chi connectivity index (χ0) is 17.9. The number of hydrogen-bond acceptors (Lipinski definition) is 4. The lowest BCUT2D eigenvalue weighted by Crippen LogP contribution is -2.36. The van der Waals surface area contributed by atoms with Gasteiger partial charge in [-0.05, 0) is 56.0 Å². The van der Waals surface area contributed by atoms with Crippen LogP contribution >= 0.6 is 11.3 Å². The number of amides is 1. The molecule has 5 nitrogen and oxygen atoms in total. The van der Waals surface area contributed by atoms with Crippen molar-refractivity contribution < 1.29 is 13.2 Å². The Hall–Kier alpha value is -1.86. The summed E-state index contributed by atoms with van der Waals surface area (Å²) in [7, 11) is -3.63. The Morgan fingerprint density at radius 2 is 1.92 bits per heavy atom. The van der Waals surface area contributed by atoms with E-state index in [9.17, 15) is 13.2 Å².